The molecule has 0 bridgehead atoms. The summed E-state index contributed by atoms with van der Waals surface area (Å²) in [6.07, 6.45) is 0.442. The Labute approximate surface area is 79.2 Å². The quantitative estimate of drug-likeness (QED) is 0.790. The van der Waals surface area contributed by atoms with Gasteiger partial charge in [-0.1, -0.05) is 6.07 Å². The monoisotopic (exact) mass is 198 g/mol. The number of carboxylic acid groups (broad SMARTS) is 1. The maximum atomic E-state index is 13.1. The zero-order valence-corrected chi connectivity index (χ0v) is 7.21. The fourth-order valence-corrected chi connectivity index (χ4v) is 1.61. The van der Waals surface area contributed by atoms with Crippen molar-refractivity contribution in [3.63, 3.8) is 0 Å². The second-order valence-corrected chi connectivity index (χ2v) is 3.45. The Bertz CT molecular complexity index is 390. The Balaban J connectivity index is 2.23. The number of halogens is 2. The molecule has 1 N–H and O–H groups in total. The Morgan fingerprint density at radius 3 is 2.64 bits per heavy atom. The predicted octanol–water partition coefficient (Wildman–Crippen LogP) is 2.15. The molecular weight excluding hydrogens is 190 g/mol. The van der Waals surface area contributed by atoms with E-state index in [4.69, 9.17) is 5.11 Å². The van der Waals surface area contributed by atoms with Crippen LogP contribution >= 0.6 is 0 Å². The molecule has 1 aliphatic rings. The highest BCUT2D eigenvalue weighted by Crippen LogP contribution is 2.48. The van der Waals surface area contributed by atoms with Crippen LogP contribution in [0.15, 0.2) is 18.2 Å². The van der Waals surface area contributed by atoms with Crippen molar-refractivity contribution in [3.8, 4) is 0 Å². The maximum absolute atomic E-state index is 13.1. The third-order valence-corrected chi connectivity index (χ3v) is 2.47. The fraction of sp³-hybridized carbons (Fsp3) is 0.300. The van der Waals surface area contributed by atoms with Gasteiger partial charge in [-0.15, -0.1) is 0 Å². The Morgan fingerprint density at radius 1 is 1.43 bits per heavy atom. The number of aliphatic carboxylic acids is 1. The minimum Gasteiger partial charge on any atom is -0.481 e. The van der Waals surface area contributed by atoms with Crippen molar-refractivity contribution in [3.05, 3.63) is 35.4 Å². The van der Waals surface area contributed by atoms with E-state index < -0.39 is 23.5 Å². The molecule has 1 fully saturated rings. The van der Waals surface area contributed by atoms with Crippen LogP contribution in [0.1, 0.15) is 17.9 Å². The zero-order valence-electron chi connectivity index (χ0n) is 7.21. The summed E-state index contributed by atoms with van der Waals surface area (Å²) in [5.41, 5.74) is 0.304. The molecule has 1 aliphatic carbocycles. The topological polar surface area (TPSA) is 37.3 Å². The summed E-state index contributed by atoms with van der Waals surface area (Å²) in [6.45, 7) is 0. The average molecular weight is 198 g/mol. The molecule has 14 heavy (non-hydrogen) atoms. The Kier molecular flexibility index (Phi) is 1.98. The molecule has 0 spiro atoms. The zero-order chi connectivity index (χ0) is 10.3. The summed E-state index contributed by atoms with van der Waals surface area (Å²) in [7, 11) is 0. The van der Waals surface area contributed by atoms with Gasteiger partial charge in [0.25, 0.3) is 0 Å². The van der Waals surface area contributed by atoms with Crippen molar-refractivity contribution in [2.75, 3.05) is 0 Å². The molecule has 74 valence electrons. The summed E-state index contributed by atoms with van der Waals surface area (Å²) in [5, 5.41) is 8.63. The third-order valence-electron chi connectivity index (χ3n) is 2.47. The standard InChI is InChI=1S/C10H8F2O2/c11-5-1-2-6(9(12)3-5)7-4-8(7)10(13)14/h1-3,7-8H,4H2,(H,13,14)/t7-,8-/m0/s1. The van der Waals surface area contributed by atoms with Gasteiger partial charge in [0.05, 0.1) is 5.92 Å². The fourth-order valence-electron chi connectivity index (χ4n) is 1.61. The van der Waals surface area contributed by atoms with Crippen LogP contribution in [-0.2, 0) is 4.79 Å². The molecule has 0 amide bonds. The van der Waals surface area contributed by atoms with E-state index in [-0.39, 0.29) is 5.92 Å². The summed E-state index contributed by atoms with van der Waals surface area (Å²) in [4.78, 5) is 10.5. The molecule has 2 rings (SSSR count). The molecule has 0 unspecified atom stereocenters. The number of carboxylic acids is 1. The highest BCUT2D eigenvalue weighted by Gasteiger charge is 2.45. The molecule has 4 heteroatoms. The van der Waals surface area contributed by atoms with E-state index in [2.05, 4.69) is 0 Å². The lowest BCUT2D eigenvalue weighted by Gasteiger charge is -2.00. The van der Waals surface area contributed by atoms with Gasteiger partial charge in [0.1, 0.15) is 11.6 Å². The van der Waals surface area contributed by atoms with Gasteiger partial charge in [0, 0.05) is 12.0 Å². The molecule has 2 atom stereocenters. The van der Waals surface area contributed by atoms with E-state index in [0.717, 1.165) is 12.1 Å². The first kappa shape index (κ1) is 9.12. The first-order valence-electron chi connectivity index (χ1n) is 4.27. The largest absolute Gasteiger partial charge is 0.481 e. The van der Waals surface area contributed by atoms with E-state index in [1.165, 1.54) is 6.07 Å². The molecule has 0 saturated heterocycles. The maximum Gasteiger partial charge on any atom is 0.307 e. The van der Waals surface area contributed by atoms with E-state index in [1.54, 1.807) is 0 Å². The predicted molar refractivity (Wildman–Crippen MR) is 44.8 cm³/mol. The van der Waals surface area contributed by atoms with Gasteiger partial charge < -0.3 is 5.11 Å². The van der Waals surface area contributed by atoms with E-state index in [0.29, 0.717) is 12.0 Å². The van der Waals surface area contributed by atoms with Crippen molar-refractivity contribution in [2.45, 2.75) is 12.3 Å². The Morgan fingerprint density at radius 2 is 2.14 bits per heavy atom. The lowest BCUT2D eigenvalue weighted by atomic mass is 10.1. The SMILES string of the molecule is O=C(O)[C@H]1C[C@H]1c1ccc(F)cc1F. The van der Waals surface area contributed by atoms with Crippen LogP contribution in [0.2, 0.25) is 0 Å². The minimum atomic E-state index is -0.918. The van der Waals surface area contributed by atoms with Gasteiger partial charge in [0.15, 0.2) is 0 Å². The lowest BCUT2D eigenvalue weighted by Crippen LogP contribution is -2.00. The van der Waals surface area contributed by atoms with E-state index >= 15 is 0 Å². The van der Waals surface area contributed by atoms with Crippen LogP contribution < -0.4 is 0 Å². The first-order valence-corrected chi connectivity index (χ1v) is 4.27. The summed E-state index contributed by atoms with van der Waals surface area (Å²) < 4.78 is 25.7. The van der Waals surface area contributed by atoms with Gasteiger partial charge in [-0.3, -0.25) is 4.79 Å². The van der Waals surface area contributed by atoms with Gasteiger partial charge in [-0.25, -0.2) is 8.78 Å². The van der Waals surface area contributed by atoms with Crippen LogP contribution in [-0.4, -0.2) is 11.1 Å². The van der Waals surface area contributed by atoms with Crippen molar-refractivity contribution in [1.82, 2.24) is 0 Å². The van der Waals surface area contributed by atoms with Crippen molar-refractivity contribution >= 4 is 5.97 Å². The molecule has 0 heterocycles. The summed E-state index contributed by atoms with van der Waals surface area (Å²) in [6, 6.07) is 3.25. The van der Waals surface area contributed by atoms with Crippen LogP contribution in [0.4, 0.5) is 8.78 Å². The number of carbonyl (C=O) groups is 1. The van der Waals surface area contributed by atoms with Crippen molar-refractivity contribution < 1.29 is 18.7 Å². The molecular formula is C10H8F2O2. The Hall–Kier alpha value is -1.45. The highest BCUT2D eigenvalue weighted by atomic mass is 19.1. The third kappa shape index (κ3) is 1.47. The molecule has 2 nitrogen and oxygen atoms in total. The van der Waals surface area contributed by atoms with Crippen molar-refractivity contribution in [2.24, 2.45) is 5.92 Å². The summed E-state index contributed by atoms with van der Waals surface area (Å²) >= 11 is 0. The molecule has 0 radical (unpaired) electrons. The first-order chi connectivity index (χ1) is 6.59. The van der Waals surface area contributed by atoms with E-state index in [1.807, 2.05) is 0 Å². The lowest BCUT2D eigenvalue weighted by molar-refractivity contribution is -0.138. The minimum absolute atomic E-state index is 0.284. The van der Waals surface area contributed by atoms with Crippen LogP contribution in [0.5, 0.6) is 0 Å². The van der Waals surface area contributed by atoms with Crippen molar-refractivity contribution in [1.29, 1.82) is 0 Å². The number of hydrogen-bond donors (Lipinski definition) is 1. The molecule has 1 saturated carbocycles. The summed E-state index contributed by atoms with van der Waals surface area (Å²) in [5.74, 6) is -3.00. The molecule has 1 aromatic carbocycles. The van der Waals surface area contributed by atoms with Gasteiger partial charge in [0.2, 0.25) is 0 Å². The van der Waals surface area contributed by atoms with Gasteiger partial charge >= 0.3 is 5.97 Å². The van der Waals surface area contributed by atoms with Crippen LogP contribution in [0, 0.1) is 17.6 Å². The molecule has 1 aromatic rings. The van der Waals surface area contributed by atoms with Crippen LogP contribution in [0.3, 0.4) is 0 Å². The number of hydrogen-bond acceptors (Lipinski definition) is 1. The van der Waals surface area contributed by atoms with Gasteiger partial charge in [-0.05, 0) is 18.1 Å². The number of rotatable bonds is 2. The molecule has 0 aliphatic heterocycles. The number of benzene rings is 1. The van der Waals surface area contributed by atoms with E-state index in [9.17, 15) is 13.6 Å². The molecule has 0 aromatic heterocycles. The second-order valence-electron chi connectivity index (χ2n) is 3.45. The van der Waals surface area contributed by atoms with Gasteiger partial charge in [-0.2, -0.15) is 0 Å². The second kappa shape index (κ2) is 3.04. The normalized spacial score (nSPS) is 24.7. The smallest absolute Gasteiger partial charge is 0.307 e. The highest BCUT2D eigenvalue weighted by molar-refractivity contribution is 5.75. The van der Waals surface area contributed by atoms with Crippen LogP contribution in [0.25, 0.3) is 0 Å². The average Bonchev–Trinajstić information content (AvgIpc) is 2.83.